The van der Waals surface area contributed by atoms with E-state index in [9.17, 15) is 9.59 Å². The van der Waals surface area contributed by atoms with Gasteiger partial charge in [0, 0.05) is 26.0 Å². The zero-order valence-corrected chi connectivity index (χ0v) is 16.2. The summed E-state index contributed by atoms with van der Waals surface area (Å²) in [7, 11) is 1.68. The van der Waals surface area contributed by atoms with Gasteiger partial charge in [-0.05, 0) is 37.6 Å². The highest BCUT2D eigenvalue weighted by molar-refractivity contribution is 5.89. The Balaban J connectivity index is 0.00000261. The first kappa shape index (κ1) is 20.9. The maximum atomic E-state index is 13.2. The van der Waals surface area contributed by atoms with Gasteiger partial charge in [-0.25, -0.2) is 0 Å². The normalized spacial score (nSPS) is 15.4. The summed E-state index contributed by atoms with van der Waals surface area (Å²) in [6.45, 7) is 1.98. The number of hydrogen-bond donors (Lipinski definition) is 2. The fraction of sp³-hybridized carbons (Fsp3) is 0.421. The first-order valence-electron chi connectivity index (χ1n) is 8.89. The molecule has 1 aliphatic heterocycles. The van der Waals surface area contributed by atoms with Gasteiger partial charge in [-0.1, -0.05) is 30.3 Å². The molecule has 0 atom stereocenters. The van der Waals surface area contributed by atoms with E-state index >= 15 is 0 Å². The minimum atomic E-state index is -0.719. The van der Waals surface area contributed by atoms with Crippen molar-refractivity contribution in [1.82, 2.24) is 25.3 Å². The molecule has 0 spiro atoms. The first-order chi connectivity index (χ1) is 12.6. The molecule has 1 aromatic carbocycles. The molecular weight excluding hydrogens is 366 g/mol. The lowest BCUT2D eigenvalue weighted by molar-refractivity contribution is -0.144. The number of rotatable bonds is 6. The van der Waals surface area contributed by atoms with Gasteiger partial charge in [0.15, 0.2) is 0 Å². The Kier molecular flexibility index (Phi) is 7.38. The number of carbonyl (C=O) groups excluding carboxylic acids is 2. The van der Waals surface area contributed by atoms with Gasteiger partial charge in [-0.15, -0.1) is 12.4 Å². The second-order valence-electron chi connectivity index (χ2n) is 6.66. The van der Waals surface area contributed by atoms with Crippen LogP contribution in [0.2, 0.25) is 0 Å². The van der Waals surface area contributed by atoms with E-state index < -0.39 is 5.54 Å². The van der Waals surface area contributed by atoms with Crippen LogP contribution in [0.1, 0.15) is 18.4 Å². The van der Waals surface area contributed by atoms with E-state index in [1.807, 2.05) is 42.6 Å². The van der Waals surface area contributed by atoms with Gasteiger partial charge in [0.2, 0.25) is 5.91 Å². The second-order valence-corrected chi connectivity index (χ2v) is 6.66. The minimum absolute atomic E-state index is 0. The summed E-state index contributed by atoms with van der Waals surface area (Å²) in [6, 6.07) is 11.5. The lowest BCUT2D eigenvalue weighted by Crippen LogP contribution is -2.56. The Bertz CT molecular complexity index is 730. The molecule has 1 saturated heterocycles. The molecule has 1 aromatic heterocycles. The summed E-state index contributed by atoms with van der Waals surface area (Å²) in [5.74, 6) is -0.244. The fourth-order valence-electron chi connectivity index (χ4n) is 3.40. The number of nitrogens with zero attached hydrogens (tertiary/aromatic N) is 3. The van der Waals surface area contributed by atoms with Crippen molar-refractivity contribution in [1.29, 1.82) is 0 Å². The van der Waals surface area contributed by atoms with Crippen molar-refractivity contribution in [3.8, 4) is 0 Å². The largest absolute Gasteiger partial charge is 0.350 e. The predicted octanol–water partition coefficient (Wildman–Crippen LogP) is 1.16. The number of carbonyl (C=O) groups is 2. The van der Waals surface area contributed by atoms with Crippen molar-refractivity contribution >= 4 is 24.2 Å². The summed E-state index contributed by atoms with van der Waals surface area (Å²) in [6.07, 6.45) is 4.82. The molecule has 0 radical (unpaired) electrons. The summed E-state index contributed by atoms with van der Waals surface area (Å²) in [5, 5.41) is 10.5. The quantitative estimate of drug-likeness (QED) is 0.774. The zero-order valence-electron chi connectivity index (χ0n) is 15.4. The van der Waals surface area contributed by atoms with E-state index in [2.05, 4.69) is 15.7 Å². The van der Waals surface area contributed by atoms with Crippen molar-refractivity contribution in [3.63, 3.8) is 0 Å². The molecule has 1 fully saturated rings. The number of piperidine rings is 1. The van der Waals surface area contributed by atoms with E-state index in [0.717, 1.165) is 18.7 Å². The molecule has 0 unspecified atom stereocenters. The maximum Gasteiger partial charge on any atom is 0.250 e. The van der Waals surface area contributed by atoms with E-state index in [0.29, 0.717) is 19.4 Å². The Labute approximate surface area is 165 Å². The third kappa shape index (κ3) is 4.87. The Morgan fingerprint density at radius 3 is 2.56 bits per heavy atom. The van der Waals surface area contributed by atoms with Crippen LogP contribution in [0.25, 0.3) is 0 Å². The highest BCUT2D eigenvalue weighted by atomic mass is 35.5. The Morgan fingerprint density at radius 1 is 1.22 bits per heavy atom. The monoisotopic (exact) mass is 391 g/mol. The SMILES string of the molecule is CN(CC(=O)NCc1ccccc1)C(=O)C1(n2cccn2)CCNCC1.Cl. The van der Waals surface area contributed by atoms with E-state index in [1.54, 1.807) is 17.9 Å². The summed E-state index contributed by atoms with van der Waals surface area (Å²) >= 11 is 0. The third-order valence-corrected chi connectivity index (χ3v) is 4.83. The van der Waals surface area contributed by atoms with E-state index in [4.69, 9.17) is 0 Å². The lowest BCUT2D eigenvalue weighted by atomic mass is 9.87. The van der Waals surface area contributed by atoms with Gasteiger partial charge in [0.1, 0.15) is 5.54 Å². The van der Waals surface area contributed by atoms with Gasteiger partial charge in [0.05, 0.1) is 6.54 Å². The van der Waals surface area contributed by atoms with Crippen LogP contribution < -0.4 is 10.6 Å². The van der Waals surface area contributed by atoms with Crippen LogP contribution >= 0.6 is 12.4 Å². The molecule has 0 bridgehead atoms. The lowest BCUT2D eigenvalue weighted by Gasteiger charge is -2.39. The second kappa shape index (κ2) is 9.53. The van der Waals surface area contributed by atoms with Crippen molar-refractivity contribution in [2.75, 3.05) is 26.7 Å². The molecule has 7 nitrogen and oxygen atoms in total. The highest BCUT2D eigenvalue weighted by Gasteiger charge is 2.43. The van der Waals surface area contributed by atoms with E-state index in [-0.39, 0.29) is 30.8 Å². The topological polar surface area (TPSA) is 79.3 Å². The maximum absolute atomic E-state index is 13.2. The Hall–Kier alpha value is -2.38. The van der Waals surface area contributed by atoms with Crippen LogP contribution in [0.3, 0.4) is 0 Å². The van der Waals surface area contributed by atoms with Crippen LogP contribution in [0.15, 0.2) is 48.8 Å². The van der Waals surface area contributed by atoms with Crippen LogP contribution in [-0.4, -0.2) is 53.2 Å². The van der Waals surface area contributed by atoms with Crippen molar-refractivity contribution in [2.24, 2.45) is 0 Å². The standard InChI is InChI=1S/C19H25N5O2.ClH/c1-23(15-17(25)21-14-16-6-3-2-4-7-16)18(26)19(8-11-20-12-9-19)24-13-5-10-22-24;/h2-7,10,13,20H,8-9,11-12,14-15H2,1H3,(H,21,25);1H. The number of hydrogen-bond acceptors (Lipinski definition) is 4. The van der Waals surface area contributed by atoms with Crippen molar-refractivity contribution < 1.29 is 9.59 Å². The molecular formula is C19H26ClN5O2. The van der Waals surface area contributed by atoms with Crippen molar-refractivity contribution in [3.05, 3.63) is 54.4 Å². The van der Waals surface area contributed by atoms with Gasteiger partial charge in [0.25, 0.3) is 5.91 Å². The van der Waals surface area contributed by atoms with Gasteiger partial charge in [-0.3, -0.25) is 14.3 Å². The fourth-order valence-corrected chi connectivity index (χ4v) is 3.40. The van der Waals surface area contributed by atoms with Crippen LogP contribution in [0.5, 0.6) is 0 Å². The van der Waals surface area contributed by atoms with Gasteiger partial charge in [-0.2, -0.15) is 5.10 Å². The molecule has 27 heavy (non-hydrogen) atoms. The van der Waals surface area contributed by atoms with Crippen LogP contribution in [0, 0.1) is 0 Å². The van der Waals surface area contributed by atoms with E-state index in [1.165, 1.54) is 4.90 Å². The molecule has 2 amide bonds. The Morgan fingerprint density at radius 2 is 1.93 bits per heavy atom. The zero-order chi connectivity index (χ0) is 18.4. The number of likely N-dealkylation sites (N-methyl/N-ethyl adjacent to an activating group) is 1. The van der Waals surface area contributed by atoms with Crippen LogP contribution in [-0.2, 0) is 21.7 Å². The first-order valence-corrected chi connectivity index (χ1v) is 8.89. The van der Waals surface area contributed by atoms with Crippen LogP contribution in [0.4, 0.5) is 0 Å². The number of amides is 2. The molecule has 2 heterocycles. The molecule has 8 heteroatoms. The molecule has 2 N–H and O–H groups in total. The number of nitrogens with one attached hydrogen (secondary N) is 2. The highest BCUT2D eigenvalue weighted by Crippen LogP contribution is 2.29. The van der Waals surface area contributed by atoms with Gasteiger partial charge < -0.3 is 15.5 Å². The molecule has 1 aliphatic rings. The molecule has 0 saturated carbocycles. The molecule has 2 aromatic rings. The minimum Gasteiger partial charge on any atom is -0.350 e. The average molecular weight is 392 g/mol. The molecule has 3 rings (SSSR count). The summed E-state index contributed by atoms with van der Waals surface area (Å²) in [4.78, 5) is 27.0. The van der Waals surface area contributed by atoms with Gasteiger partial charge >= 0.3 is 0 Å². The predicted molar refractivity (Wildman–Crippen MR) is 105 cm³/mol. The third-order valence-electron chi connectivity index (χ3n) is 4.83. The number of aromatic nitrogens is 2. The van der Waals surface area contributed by atoms with Crippen molar-refractivity contribution in [2.45, 2.75) is 24.9 Å². The summed E-state index contributed by atoms with van der Waals surface area (Å²) in [5.41, 5.74) is 0.310. The smallest absolute Gasteiger partial charge is 0.250 e. The summed E-state index contributed by atoms with van der Waals surface area (Å²) < 4.78 is 1.74. The molecule has 0 aliphatic carbocycles. The number of halogens is 1. The number of benzene rings is 1. The molecule has 146 valence electrons. The average Bonchev–Trinajstić information content (AvgIpc) is 3.22.